The highest BCUT2D eigenvalue weighted by atomic mass is 16.4. The van der Waals surface area contributed by atoms with Crippen LogP contribution >= 0.6 is 0 Å². The third-order valence-electron chi connectivity index (χ3n) is 3.23. The lowest BCUT2D eigenvalue weighted by molar-refractivity contribution is -0.138. The Balaban J connectivity index is 4.24. The number of hydrogen-bond donors (Lipinski definition) is 3. The van der Waals surface area contributed by atoms with Crippen molar-refractivity contribution < 1.29 is 19.5 Å². The van der Waals surface area contributed by atoms with Gasteiger partial charge < -0.3 is 10.4 Å². The third-order valence-corrected chi connectivity index (χ3v) is 3.23. The Morgan fingerprint density at radius 3 is 1.89 bits per heavy atom. The standard InChI is InChI=1S/C12H22N2O4/c1-4-12(5-2,6-3)14-11(18)13-9(15)7-8-10(16)17/h4-8H2,1-3H3,(H,16,17)(H2,13,14,15,18). The fourth-order valence-electron chi connectivity index (χ4n) is 1.70. The van der Waals surface area contributed by atoms with Gasteiger partial charge in [0.1, 0.15) is 0 Å². The quantitative estimate of drug-likeness (QED) is 0.647. The lowest BCUT2D eigenvalue weighted by Crippen LogP contribution is -2.52. The van der Waals surface area contributed by atoms with Gasteiger partial charge in [-0.15, -0.1) is 0 Å². The van der Waals surface area contributed by atoms with Crippen LogP contribution in [0, 0.1) is 0 Å². The first-order valence-corrected chi connectivity index (χ1v) is 6.23. The van der Waals surface area contributed by atoms with Gasteiger partial charge in [0.2, 0.25) is 5.91 Å². The van der Waals surface area contributed by atoms with E-state index in [0.717, 1.165) is 19.3 Å². The third kappa shape index (κ3) is 5.65. The molecule has 0 aromatic rings. The molecule has 6 nitrogen and oxygen atoms in total. The Hall–Kier alpha value is -1.59. The molecule has 0 aromatic carbocycles. The van der Waals surface area contributed by atoms with E-state index in [-0.39, 0.29) is 18.4 Å². The fraction of sp³-hybridized carbons (Fsp3) is 0.750. The van der Waals surface area contributed by atoms with Crippen LogP contribution < -0.4 is 10.6 Å². The van der Waals surface area contributed by atoms with Crippen molar-refractivity contribution >= 4 is 17.9 Å². The van der Waals surface area contributed by atoms with Crippen molar-refractivity contribution in [2.24, 2.45) is 0 Å². The zero-order valence-corrected chi connectivity index (χ0v) is 11.2. The number of amides is 3. The Morgan fingerprint density at radius 2 is 1.50 bits per heavy atom. The molecule has 3 amide bonds. The summed E-state index contributed by atoms with van der Waals surface area (Å²) in [6.45, 7) is 5.92. The molecule has 0 aliphatic heterocycles. The van der Waals surface area contributed by atoms with E-state index in [4.69, 9.17) is 5.11 Å². The summed E-state index contributed by atoms with van der Waals surface area (Å²) in [4.78, 5) is 33.2. The number of carbonyl (C=O) groups excluding carboxylic acids is 2. The maximum absolute atomic E-state index is 11.6. The molecule has 0 rings (SSSR count). The number of nitrogens with one attached hydrogen (secondary N) is 2. The summed E-state index contributed by atoms with van der Waals surface area (Å²) in [6.07, 6.45) is 1.85. The number of hydrogen-bond acceptors (Lipinski definition) is 3. The van der Waals surface area contributed by atoms with Gasteiger partial charge >= 0.3 is 12.0 Å². The van der Waals surface area contributed by atoms with Crippen molar-refractivity contribution in [1.29, 1.82) is 0 Å². The SMILES string of the molecule is CCC(CC)(CC)NC(=O)NC(=O)CCC(=O)O. The molecular formula is C12H22N2O4. The predicted octanol–water partition coefficient (Wildman–Crippen LogP) is 1.65. The number of aliphatic carboxylic acids is 1. The second-order valence-electron chi connectivity index (χ2n) is 4.24. The summed E-state index contributed by atoms with van der Waals surface area (Å²) in [7, 11) is 0. The van der Waals surface area contributed by atoms with Gasteiger partial charge in [-0.2, -0.15) is 0 Å². The van der Waals surface area contributed by atoms with Gasteiger partial charge in [0.05, 0.1) is 6.42 Å². The molecule has 6 heteroatoms. The van der Waals surface area contributed by atoms with E-state index in [1.807, 2.05) is 20.8 Å². The number of carboxylic acid groups (broad SMARTS) is 1. The van der Waals surface area contributed by atoms with Crippen molar-refractivity contribution in [3.8, 4) is 0 Å². The second-order valence-corrected chi connectivity index (χ2v) is 4.24. The maximum atomic E-state index is 11.6. The van der Waals surface area contributed by atoms with Gasteiger partial charge in [-0.25, -0.2) is 4.79 Å². The molecule has 3 N–H and O–H groups in total. The summed E-state index contributed by atoms with van der Waals surface area (Å²) in [5.74, 6) is -1.64. The van der Waals surface area contributed by atoms with E-state index in [1.54, 1.807) is 0 Å². The minimum atomic E-state index is -1.06. The molecule has 0 spiro atoms. The second kappa shape index (κ2) is 7.68. The van der Waals surface area contributed by atoms with Crippen molar-refractivity contribution in [3.05, 3.63) is 0 Å². The van der Waals surface area contributed by atoms with Crippen LogP contribution in [0.4, 0.5) is 4.79 Å². The van der Waals surface area contributed by atoms with Crippen LogP contribution in [0.3, 0.4) is 0 Å². The maximum Gasteiger partial charge on any atom is 0.321 e. The van der Waals surface area contributed by atoms with Crippen LogP contribution in [-0.4, -0.2) is 28.6 Å². The van der Waals surface area contributed by atoms with E-state index in [0.29, 0.717) is 0 Å². The number of carbonyl (C=O) groups is 3. The fourth-order valence-corrected chi connectivity index (χ4v) is 1.70. The van der Waals surface area contributed by atoms with Crippen LogP contribution in [0.25, 0.3) is 0 Å². The topological polar surface area (TPSA) is 95.5 Å². The molecule has 0 unspecified atom stereocenters. The Bertz CT molecular complexity index is 303. The molecular weight excluding hydrogens is 236 g/mol. The van der Waals surface area contributed by atoms with E-state index in [1.165, 1.54) is 0 Å². The smallest absolute Gasteiger partial charge is 0.321 e. The zero-order chi connectivity index (χ0) is 14.2. The first-order valence-electron chi connectivity index (χ1n) is 6.23. The molecule has 104 valence electrons. The number of rotatable bonds is 7. The van der Waals surface area contributed by atoms with Gasteiger partial charge in [-0.1, -0.05) is 20.8 Å². The van der Waals surface area contributed by atoms with Gasteiger partial charge in [-0.05, 0) is 19.3 Å². The van der Waals surface area contributed by atoms with Gasteiger partial charge in [0.25, 0.3) is 0 Å². The van der Waals surface area contributed by atoms with Crippen LogP contribution in [0.1, 0.15) is 52.9 Å². The van der Waals surface area contributed by atoms with E-state index < -0.39 is 17.9 Å². The highest BCUT2D eigenvalue weighted by Crippen LogP contribution is 2.18. The van der Waals surface area contributed by atoms with Gasteiger partial charge in [-0.3, -0.25) is 14.9 Å². The molecule has 0 atom stereocenters. The minimum absolute atomic E-state index is 0.194. The normalized spacial score (nSPS) is 10.8. The van der Waals surface area contributed by atoms with Crippen LogP contribution in [0.15, 0.2) is 0 Å². The van der Waals surface area contributed by atoms with Crippen LogP contribution in [0.2, 0.25) is 0 Å². The number of carboxylic acids is 1. The Labute approximate surface area is 107 Å². The summed E-state index contributed by atoms with van der Waals surface area (Å²) in [6, 6.07) is -0.559. The molecule has 0 aromatic heterocycles. The molecule has 0 fully saturated rings. The highest BCUT2D eigenvalue weighted by Gasteiger charge is 2.26. The first kappa shape index (κ1) is 16.4. The van der Waals surface area contributed by atoms with E-state index in [9.17, 15) is 14.4 Å². The molecule has 0 radical (unpaired) electrons. The van der Waals surface area contributed by atoms with Gasteiger partial charge in [0.15, 0.2) is 0 Å². The van der Waals surface area contributed by atoms with E-state index >= 15 is 0 Å². The first-order chi connectivity index (χ1) is 8.39. The van der Waals surface area contributed by atoms with E-state index in [2.05, 4.69) is 10.6 Å². The molecule has 0 saturated heterocycles. The van der Waals surface area contributed by atoms with Crippen molar-refractivity contribution in [1.82, 2.24) is 10.6 Å². The summed E-state index contributed by atoms with van der Waals surface area (Å²) in [5, 5.41) is 13.3. The van der Waals surface area contributed by atoms with Crippen molar-refractivity contribution in [3.63, 3.8) is 0 Å². The largest absolute Gasteiger partial charge is 0.481 e. The molecule has 18 heavy (non-hydrogen) atoms. The lowest BCUT2D eigenvalue weighted by atomic mass is 9.90. The summed E-state index contributed by atoms with van der Waals surface area (Å²) >= 11 is 0. The monoisotopic (exact) mass is 258 g/mol. The molecule has 0 saturated carbocycles. The number of imide groups is 1. The molecule has 0 aliphatic carbocycles. The van der Waals surface area contributed by atoms with Crippen molar-refractivity contribution in [2.75, 3.05) is 0 Å². The van der Waals surface area contributed by atoms with Crippen LogP contribution in [-0.2, 0) is 9.59 Å². The summed E-state index contributed by atoms with van der Waals surface area (Å²) in [5.41, 5.74) is -0.308. The minimum Gasteiger partial charge on any atom is -0.481 e. The van der Waals surface area contributed by atoms with Gasteiger partial charge in [0, 0.05) is 12.0 Å². The lowest BCUT2D eigenvalue weighted by Gasteiger charge is -2.31. The molecule has 0 bridgehead atoms. The zero-order valence-electron chi connectivity index (χ0n) is 11.2. The Morgan fingerprint density at radius 1 is 1.00 bits per heavy atom. The predicted molar refractivity (Wildman–Crippen MR) is 67.1 cm³/mol. The molecule has 0 aliphatic rings. The van der Waals surface area contributed by atoms with Crippen molar-refractivity contribution in [2.45, 2.75) is 58.4 Å². The Kier molecular flexibility index (Phi) is 7.00. The summed E-state index contributed by atoms with van der Waals surface area (Å²) < 4.78 is 0. The number of urea groups is 1. The highest BCUT2D eigenvalue weighted by molar-refractivity contribution is 5.95. The average molecular weight is 258 g/mol. The average Bonchev–Trinajstić information content (AvgIpc) is 2.33. The molecule has 0 heterocycles. The van der Waals surface area contributed by atoms with Crippen LogP contribution in [0.5, 0.6) is 0 Å².